The number of anilines is 1. The number of rotatable bonds is 6. The van der Waals surface area contributed by atoms with Crippen LogP contribution in [0.4, 0.5) is 10.1 Å². The van der Waals surface area contributed by atoms with Crippen LogP contribution in [0.2, 0.25) is 0 Å². The molecule has 0 radical (unpaired) electrons. The highest BCUT2D eigenvalue weighted by Crippen LogP contribution is 2.18. The van der Waals surface area contributed by atoms with Gasteiger partial charge in [-0.05, 0) is 24.3 Å². The molecule has 1 N–H and O–H groups in total. The molecule has 3 rings (SSSR count). The molecular formula is C19H16FN3O4. The third kappa shape index (κ3) is 4.55. The van der Waals surface area contributed by atoms with E-state index in [0.29, 0.717) is 11.3 Å². The van der Waals surface area contributed by atoms with Crippen LogP contribution in [0.1, 0.15) is 22.7 Å². The van der Waals surface area contributed by atoms with E-state index in [1.165, 1.54) is 19.2 Å². The van der Waals surface area contributed by atoms with E-state index in [2.05, 4.69) is 15.5 Å². The molecule has 3 aromatic rings. The molecule has 0 saturated heterocycles. The summed E-state index contributed by atoms with van der Waals surface area (Å²) in [6.45, 7) is 0. The summed E-state index contributed by atoms with van der Waals surface area (Å²) in [5.74, 6) is -0.756. The highest BCUT2D eigenvalue weighted by molar-refractivity contribution is 6.01. The van der Waals surface area contributed by atoms with Gasteiger partial charge in [0.05, 0.1) is 18.4 Å². The van der Waals surface area contributed by atoms with Gasteiger partial charge in [0.25, 0.3) is 0 Å². The molecule has 0 aliphatic carbocycles. The highest BCUT2D eigenvalue weighted by Gasteiger charge is 2.15. The fourth-order valence-corrected chi connectivity index (χ4v) is 2.41. The predicted molar refractivity (Wildman–Crippen MR) is 94.4 cm³/mol. The monoisotopic (exact) mass is 369 g/mol. The Kier molecular flexibility index (Phi) is 5.55. The number of hydrogen-bond acceptors (Lipinski definition) is 6. The van der Waals surface area contributed by atoms with Crippen LogP contribution in [0.15, 0.2) is 53.1 Å². The Morgan fingerprint density at radius 1 is 1.19 bits per heavy atom. The number of para-hydroxylation sites is 1. The van der Waals surface area contributed by atoms with Crippen LogP contribution in [-0.4, -0.2) is 29.1 Å². The lowest BCUT2D eigenvalue weighted by Crippen LogP contribution is -2.15. The molecule has 0 unspecified atom stereocenters. The van der Waals surface area contributed by atoms with Gasteiger partial charge in [-0.15, -0.1) is 0 Å². The fourth-order valence-electron chi connectivity index (χ4n) is 2.41. The smallest absolute Gasteiger partial charge is 0.339 e. The van der Waals surface area contributed by atoms with Crippen LogP contribution in [0, 0.1) is 5.82 Å². The zero-order chi connectivity index (χ0) is 19.2. The molecule has 0 aliphatic rings. The minimum absolute atomic E-state index is 0.0697. The van der Waals surface area contributed by atoms with E-state index in [1.54, 1.807) is 36.4 Å². The first-order chi connectivity index (χ1) is 13.1. The Morgan fingerprint density at radius 2 is 2.00 bits per heavy atom. The van der Waals surface area contributed by atoms with Crippen LogP contribution in [0.5, 0.6) is 0 Å². The summed E-state index contributed by atoms with van der Waals surface area (Å²) >= 11 is 0. The lowest BCUT2D eigenvalue weighted by molar-refractivity contribution is -0.116. The summed E-state index contributed by atoms with van der Waals surface area (Å²) in [4.78, 5) is 28.1. The largest absolute Gasteiger partial charge is 0.465 e. The Morgan fingerprint density at radius 3 is 2.78 bits per heavy atom. The van der Waals surface area contributed by atoms with Crippen molar-refractivity contribution >= 4 is 17.6 Å². The van der Waals surface area contributed by atoms with E-state index in [1.807, 2.05) is 0 Å². The standard InChI is InChI=1S/C19H16FN3O4/c1-26-19(25)14-7-2-3-8-15(14)21-16(24)9-10-17-22-18(23-27-17)12-5-4-6-13(20)11-12/h2-8,11H,9-10H2,1H3,(H,21,24). The Hall–Kier alpha value is -3.55. The van der Waals surface area contributed by atoms with E-state index in [0.717, 1.165) is 0 Å². The van der Waals surface area contributed by atoms with Crippen molar-refractivity contribution in [3.05, 3.63) is 65.8 Å². The maximum absolute atomic E-state index is 13.3. The maximum Gasteiger partial charge on any atom is 0.339 e. The molecule has 2 aromatic carbocycles. The summed E-state index contributed by atoms with van der Waals surface area (Å²) in [6, 6.07) is 12.4. The first-order valence-electron chi connectivity index (χ1n) is 8.12. The van der Waals surface area contributed by atoms with E-state index in [9.17, 15) is 14.0 Å². The number of halogens is 1. The summed E-state index contributed by atoms with van der Waals surface area (Å²) in [5.41, 5.74) is 1.11. The molecule has 1 heterocycles. The number of nitrogens with zero attached hydrogens (tertiary/aromatic N) is 2. The van der Waals surface area contributed by atoms with Gasteiger partial charge in [0.2, 0.25) is 17.6 Å². The molecule has 1 aromatic heterocycles. The fraction of sp³-hybridized carbons (Fsp3) is 0.158. The van der Waals surface area contributed by atoms with Gasteiger partial charge in [-0.2, -0.15) is 4.98 Å². The summed E-state index contributed by atoms with van der Waals surface area (Å²) in [6.07, 6.45) is 0.273. The van der Waals surface area contributed by atoms with Crippen LogP contribution in [-0.2, 0) is 16.0 Å². The molecule has 0 fully saturated rings. The zero-order valence-electron chi connectivity index (χ0n) is 14.4. The number of nitrogens with one attached hydrogen (secondary N) is 1. The van der Waals surface area contributed by atoms with Crippen molar-refractivity contribution in [2.24, 2.45) is 0 Å². The van der Waals surface area contributed by atoms with Gasteiger partial charge in [-0.3, -0.25) is 4.79 Å². The van der Waals surface area contributed by atoms with Crippen LogP contribution in [0.25, 0.3) is 11.4 Å². The Bertz CT molecular complexity index is 971. The number of carbonyl (C=O) groups excluding carboxylic acids is 2. The minimum atomic E-state index is -0.539. The lowest BCUT2D eigenvalue weighted by Gasteiger charge is -2.08. The highest BCUT2D eigenvalue weighted by atomic mass is 19.1. The zero-order valence-corrected chi connectivity index (χ0v) is 14.4. The first kappa shape index (κ1) is 18.2. The number of benzene rings is 2. The second kappa shape index (κ2) is 8.22. The Labute approximate surface area is 154 Å². The summed E-state index contributed by atoms with van der Waals surface area (Å²) < 4.78 is 23.1. The first-order valence-corrected chi connectivity index (χ1v) is 8.12. The average molecular weight is 369 g/mol. The van der Waals surface area contributed by atoms with E-state index < -0.39 is 11.8 Å². The van der Waals surface area contributed by atoms with Crippen LogP contribution < -0.4 is 5.32 Å². The van der Waals surface area contributed by atoms with E-state index in [-0.39, 0.29) is 36.0 Å². The molecule has 27 heavy (non-hydrogen) atoms. The maximum atomic E-state index is 13.3. The lowest BCUT2D eigenvalue weighted by atomic mass is 10.1. The number of hydrogen-bond donors (Lipinski definition) is 1. The van der Waals surface area contributed by atoms with Crippen molar-refractivity contribution in [1.82, 2.24) is 10.1 Å². The van der Waals surface area contributed by atoms with Gasteiger partial charge < -0.3 is 14.6 Å². The van der Waals surface area contributed by atoms with Gasteiger partial charge in [0.15, 0.2) is 0 Å². The quantitative estimate of drug-likeness (QED) is 0.671. The average Bonchev–Trinajstić information content (AvgIpc) is 3.15. The topological polar surface area (TPSA) is 94.3 Å². The van der Waals surface area contributed by atoms with E-state index >= 15 is 0 Å². The van der Waals surface area contributed by atoms with Gasteiger partial charge in [-0.25, -0.2) is 9.18 Å². The van der Waals surface area contributed by atoms with Crippen molar-refractivity contribution in [2.75, 3.05) is 12.4 Å². The third-order valence-electron chi connectivity index (χ3n) is 3.72. The summed E-state index contributed by atoms with van der Waals surface area (Å²) in [5, 5.41) is 6.45. The predicted octanol–water partition coefficient (Wildman–Crippen LogP) is 3.23. The Balaban J connectivity index is 1.61. The molecule has 0 aliphatic heterocycles. The van der Waals surface area contributed by atoms with Gasteiger partial charge in [0, 0.05) is 18.4 Å². The number of aryl methyl sites for hydroxylation is 1. The van der Waals surface area contributed by atoms with Crippen molar-refractivity contribution in [2.45, 2.75) is 12.8 Å². The van der Waals surface area contributed by atoms with Gasteiger partial charge in [-0.1, -0.05) is 29.4 Å². The molecule has 8 heteroatoms. The second-order valence-corrected chi connectivity index (χ2v) is 5.61. The second-order valence-electron chi connectivity index (χ2n) is 5.61. The summed E-state index contributed by atoms with van der Waals surface area (Å²) in [7, 11) is 1.27. The number of ether oxygens (including phenoxy) is 1. The van der Waals surface area contributed by atoms with Crippen molar-refractivity contribution < 1.29 is 23.2 Å². The molecular weight excluding hydrogens is 353 g/mol. The van der Waals surface area contributed by atoms with Crippen LogP contribution >= 0.6 is 0 Å². The molecule has 0 bridgehead atoms. The van der Waals surface area contributed by atoms with Gasteiger partial charge >= 0.3 is 5.97 Å². The number of amides is 1. The molecule has 0 spiro atoms. The SMILES string of the molecule is COC(=O)c1ccccc1NC(=O)CCc1nc(-c2cccc(F)c2)no1. The molecule has 1 amide bonds. The third-order valence-corrected chi connectivity index (χ3v) is 3.72. The number of carbonyl (C=O) groups is 2. The molecule has 7 nitrogen and oxygen atoms in total. The van der Waals surface area contributed by atoms with Crippen molar-refractivity contribution in [3.63, 3.8) is 0 Å². The van der Waals surface area contributed by atoms with E-state index in [4.69, 9.17) is 9.26 Å². The molecule has 0 atom stereocenters. The van der Waals surface area contributed by atoms with Crippen molar-refractivity contribution in [1.29, 1.82) is 0 Å². The minimum Gasteiger partial charge on any atom is -0.465 e. The number of esters is 1. The number of methoxy groups -OCH3 is 1. The normalized spacial score (nSPS) is 10.4. The molecule has 0 saturated carbocycles. The van der Waals surface area contributed by atoms with Crippen molar-refractivity contribution in [3.8, 4) is 11.4 Å². The number of aromatic nitrogens is 2. The molecule has 138 valence electrons. The van der Waals surface area contributed by atoms with Crippen LogP contribution in [0.3, 0.4) is 0 Å². The van der Waals surface area contributed by atoms with Gasteiger partial charge in [0.1, 0.15) is 5.82 Å².